The number of hydrogen-bond acceptors (Lipinski definition) is 7. The molecule has 0 N–H and O–H groups in total. The smallest absolute Gasteiger partial charge is 0.465 e. The molecule has 1 rings (SSSR count). The molecule has 27 heavy (non-hydrogen) atoms. The van der Waals surface area contributed by atoms with Gasteiger partial charge in [0.05, 0.1) is 19.8 Å². The van der Waals surface area contributed by atoms with Crippen LogP contribution in [0.25, 0.3) is 0 Å². The quantitative estimate of drug-likeness (QED) is 0.313. The Balaban J connectivity index is 3.15. The maximum atomic E-state index is 12.3. The molecule has 7 nitrogen and oxygen atoms in total. The van der Waals surface area contributed by atoms with Crippen molar-refractivity contribution in [3.63, 3.8) is 0 Å². The Morgan fingerprint density at radius 3 is 2.04 bits per heavy atom. The first-order valence-corrected chi connectivity index (χ1v) is 8.71. The molecule has 1 aromatic rings. The Hall–Kier alpha value is -3.01. The van der Waals surface area contributed by atoms with E-state index < -0.39 is 30.1 Å². The van der Waals surface area contributed by atoms with Crippen LogP contribution in [-0.4, -0.2) is 44.0 Å². The summed E-state index contributed by atoms with van der Waals surface area (Å²) in [4.78, 5) is 35.9. The summed E-state index contributed by atoms with van der Waals surface area (Å²) in [6.07, 6.45) is -1.55. The van der Waals surface area contributed by atoms with Gasteiger partial charge in [0.25, 0.3) is 0 Å². The molecule has 7 heteroatoms. The zero-order valence-electron chi connectivity index (χ0n) is 15.9. The van der Waals surface area contributed by atoms with Gasteiger partial charge in [0, 0.05) is 5.56 Å². The van der Waals surface area contributed by atoms with Gasteiger partial charge in [-0.05, 0) is 39.3 Å². The molecule has 0 aliphatic rings. The highest BCUT2D eigenvalue weighted by atomic mass is 16.7. The summed E-state index contributed by atoms with van der Waals surface area (Å²) >= 11 is 0. The number of carbonyl (C=O) groups excluding carboxylic acids is 3. The van der Waals surface area contributed by atoms with Crippen molar-refractivity contribution in [1.29, 1.82) is 0 Å². The molecule has 0 saturated heterocycles. The fourth-order valence-corrected chi connectivity index (χ4v) is 2.17. The van der Waals surface area contributed by atoms with Crippen LogP contribution in [0.4, 0.5) is 4.79 Å². The molecule has 0 amide bonds. The minimum absolute atomic E-state index is 0.132. The zero-order chi connectivity index (χ0) is 20.2. The van der Waals surface area contributed by atoms with E-state index in [1.165, 1.54) is 0 Å². The molecule has 0 radical (unpaired) electrons. The van der Waals surface area contributed by atoms with Crippen molar-refractivity contribution in [2.75, 3.05) is 19.8 Å². The molecule has 0 heterocycles. The lowest BCUT2D eigenvalue weighted by molar-refractivity contribution is -0.156. The van der Waals surface area contributed by atoms with E-state index in [-0.39, 0.29) is 19.8 Å². The largest absolute Gasteiger partial charge is 0.509 e. The normalized spacial score (nSPS) is 11.0. The molecule has 0 aliphatic heterocycles. The Morgan fingerprint density at radius 1 is 0.926 bits per heavy atom. The van der Waals surface area contributed by atoms with E-state index in [1.54, 1.807) is 52.0 Å². The summed E-state index contributed by atoms with van der Waals surface area (Å²) in [5, 5.41) is 0. The highest BCUT2D eigenvalue weighted by Gasteiger charge is 2.33. The van der Waals surface area contributed by atoms with Crippen LogP contribution >= 0.6 is 0 Å². The highest BCUT2D eigenvalue weighted by molar-refractivity contribution is 6.01. The van der Waals surface area contributed by atoms with Crippen LogP contribution in [0.15, 0.2) is 24.3 Å². The number of esters is 2. The Bertz CT molecular complexity index is 697. The number of hydrogen-bond donors (Lipinski definition) is 0. The SMILES string of the molecule is CCOC(=O)OC(C)C#Cc1ccccc1C(C(=O)OCC)C(=O)OCC. The first kappa shape index (κ1) is 22.0. The predicted octanol–water partition coefficient (Wildman–Crippen LogP) is 2.81. The summed E-state index contributed by atoms with van der Waals surface area (Å²) in [6, 6.07) is 6.67. The van der Waals surface area contributed by atoms with E-state index in [9.17, 15) is 14.4 Å². The van der Waals surface area contributed by atoms with Gasteiger partial charge in [0.1, 0.15) is 0 Å². The third kappa shape index (κ3) is 7.02. The van der Waals surface area contributed by atoms with E-state index in [0.717, 1.165) is 0 Å². The van der Waals surface area contributed by atoms with Crippen LogP contribution < -0.4 is 0 Å². The van der Waals surface area contributed by atoms with Gasteiger partial charge >= 0.3 is 18.1 Å². The van der Waals surface area contributed by atoms with Gasteiger partial charge in [0.15, 0.2) is 12.0 Å². The van der Waals surface area contributed by atoms with Gasteiger partial charge in [0.2, 0.25) is 0 Å². The van der Waals surface area contributed by atoms with E-state index in [2.05, 4.69) is 11.8 Å². The Labute approximate surface area is 158 Å². The predicted molar refractivity (Wildman–Crippen MR) is 96.9 cm³/mol. The van der Waals surface area contributed by atoms with Crippen LogP contribution in [0.3, 0.4) is 0 Å². The molecular weight excluding hydrogens is 352 g/mol. The molecule has 0 aromatic heterocycles. The summed E-state index contributed by atoms with van der Waals surface area (Å²) in [7, 11) is 0. The van der Waals surface area contributed by atoms with Crippen molar-refractivity contribution in [2.45, 2.75) is 39.7 Å². The van der Waals surface area contributed by atoms with Crippen molar-refractivity contribution >= 4 is 18.1 Å². The molecule has 0 fully saturated rings. The first-order chi connectivity index (χ1) is 12.9. The topological polar surface area (TPSA) is 88.1 Å². The van der Waals surface area contributed by atoms with Gasteiger partial charge in [-0.3, -0.25) is 9.59 Å². The molecule has 146 valence electrons. The standard InChI is InChI=1S/C20H24O7/c1-5-24-18(21)17(19(22)25-6-2)16-11-9-8-10-15(16)13-12-14(4)27-20(23)26-7-3/h8-11,14,17H,5-7H2,1-4H3. The molecule has 1 aromatic carbocycles. The lowest BCUT2D eigenvalue weighted by atomic mass is 9.94. The average molecular weight is 376 g/mol. The Morgan fingerprint density at radius 2 is 1.48 bits per heavy atom. The van der Waals surface area contributed by atoms with E-state index in [0.29, 0.717) is 11.1 Å². The van der Waals surface area contributed by atoms with Crippen LogP contribution in [-0.2, 0) is 28.5 Å². The maximum absolute atomic E-state index is 12.3. The number of benzene rings is 1. The molecule has 0 spiro atoms. The molecule has 1 unspecified atom stereocenters. The molecule has 0 bridgehead atoms. The van der Waals surface area contributed by atoms with Gasteiger partial charge in [-0.25, -0.2) is 4.79 Å². The van der Waals surface area contributed by atoms with E-state index in [4.69, 9.17) is 18.9 Å². The second-order valence-corrected chi connectivity index (χ2v) is 5.24. The monoisotopic (exact) mass is 376 g/mol. The van der Waals surface area contributed by atoms with Gasteiger partial charge in [-0.2, -0.15) is 0 Å². The van der Waals surface area contributed by atoms with Gasteiger partial charge in [-0.15, -0.1) is 0 Å². The lowest BCUT2D eigenvalue weighted by Crippen LogP contribution is -2.27. The fraction of sp³-hybridized carbons (Fsp3) is 0.450. The summed E-state index contributed by atoms with van der Waals surface area (Å²) in [5.41, 5.74) is 0.799. The average Bonchev–Trinajstić information content (AvgIpc) is 2.61. The molecule has 0 aliphatic carbocycles. The van der Waals surface area contributed by atoms with Crippen molar-refractivity contribution in [1.82, 2.24) is 0 Å². The zero-order valence-corrected chi connectivity index (χ0v) is 15.9. The summed E-state index contributed by atoms with van der Waals surface area (Å²) in [6.45, 7) is 7.02. The van der Waals surface area contributed by atoms with Gasteiger partial charge in [-0.1, -0.05) is 30.0 Å². The number of rotatable bonds is 7. The van der Waals surface area contributed by atoms with Crippen molar-refractivity contribution in [2.24, 2.45) is 0 Å². The third-order valence-corrected chi connectivity index (χ3v) is 3.26. The van der Waals surface area contributed by atoms with Crippen LogP contribution in [0.1, 0.15) is 44.7 Å². The minimum Gasteiger partial charge on any atom is -0.465 e. The van der Waals surface area contributed by atoms with Crippen LogP contribution in [0, 0.1) is 11.8 Å². The lowest BCUT2D eigenvalue weighted by Gasteiger charge is -2.16. The second-order valence-electron chi connectivity index (χ2n) is 5.24. The van der Waals surface area contributed by atoms with Crippen molar-refractivity contribution < 1.29 is 33.3 Å². The maximum Gasteiger partial charge on any atom is 0.509 e. The highest BCUT2D eigenvalue weighted by Crippen LogP contribution is 2.23. The molecular formula is C20H24O7. The second kappa shape index (κ2) is 11.6. The Kier molecular flexibility index (Phi) is 9.45. The minimum atomic E-state index is -1.24. The summed E-state index contributed by atoms with van der Waals surface area (Å²) in [5.74, 6) is 2.93. The molecule has 0 saturated carbocycles. The van der Waals surface area contributed by atoms with Crippen LogP contribution in [0.2, 0.25) is 0 Å². The van der Waals surface area contributed by atoms with Crippen LogP contribution in [0.5, 0.6) is 0 Å². The molecule has 1 atom stereocenters. The fourth-order valence-electron chi connectivity index (χ4n) is 2.17. The van der Waals surface area contributed by atoms with E-state index in [1.807, 2.05) is 0 Å². The number of ether oxygens (including phenoxy) is 4. The first-order valence-electron chi connectivity index (χ1n) is 8.71. The number of carbonyl (C=O) groups is 3. The van der Waals surface area contributed by atoms with Crippen molar-refractivity contribution in [3.05, 3.63) is 35.4 Å². The van der Waals surface area contributed by atoms with Gasteiger partial charge < -0.3 is 18.9 Å². The van der Waals surface area contributed by atoms with Crippen molar-refractivity contribution in [3.8, 4) is 11.8 Å². The summed E-state index contributed by atoms with van der Waals surface area (Å²) < 4.78 is 19.7. The van der Waals surface area contributed by atoms with E-state index >= 15 is 0 Å². The third-order valence-electron chi connectivity index (χ3n) is 3.26.